The Morgan fingerprint density at radius 2 is 1.04 bits per heavy atom. The summed E-state index contributed by atoms with van der Waals surface area (Å²) in [6.45, 7) is 0.726. The molecule has 0 radical (unpaired) electrons. The number of hydrogen-bond acceptors (Lipinski definition) is 12. The van der Waals surface area contributed by atoms with Gasteiger partial charge < -0.3 is 28.4 Å². The molecule has 0 spiro atoms. The van der Waals surface area contributed by atoms with Crippen LogP contribution in [0.25, 0.3) is 22.3 Å². The molecule has 0 atom stereocenters. The van der Waals surface area contributed by atoms with Crippen molar-refractivity contribution in [1.82, 2.24) is 67.5 Å². The Bertz CT molecular complexity index is 3540. The predicted molar refractivity (Wildman–Crippen MR) is 272 cm³/mol. The van der Waals surface area contributed by atoms with Crippen LogP contribution in [-0.4, -0.2) is 96.1 Å². The van der Waals surface area contributed by atoms with Crippen molar-refractivity contribution in [3.63, 3.8) is 0 Å². The number of aliphatic carboxylic acids is 1. The minimum absolute atomic E-state index is 0.0578. The van der Waals surface area contributed by atoms with Gasteiger partial charge in [-0.3, -0.25) is 19.2 Å². The van der Waals surface area contributed by atoms with Gasteiger partial charge in [-0.15, -0.1) is 10.2 Å². The molecule has 0 aromatic carbocycles. The minimum Gasteiger partial charge on any atom is -0.481 e. The molecule has 0 aliphatic heterocycles. The summed E-state index contributed by atoms with van der Waals surface area (Å²) in [6, 6.07) is 11.5. The molecule has 2 saturated carbocycles. The predicted octanol–water partition coefficient (Wildman–Crippen LogP) is 7.37. The maximum atomic E-state index is 12.8. The lowest BCUT2D eigenvalue weighted by Gasteiger charge is -2.06. The van der Waals surface area contributed by atoms with Crippen molar-refractivity contribution in [3.8, 4) is 0 Å². The first-order valence-corrected chi connectivity index (χ1v) is 25.2. The summed E-state index contributed by atoms with van der Waals surface area (Å²) in [7, 11) is 0. The smallest absolute Gasteiger partial charge is 0.303 e. The van der Waals surface area contributed by atoms with Crippen LogP contribution in [-0.2, 0) is 48.4 Å². The molecule has 22 heteroatoms. The molecule has 10 heterocycles. The zero-order valence-corrected chi connectivity index (χ0v) is 41.5. The average molecular weight is 1030 g/mol. The fourth-order valence-electron chi connectivity index (χ4n) is 9.26. The summed E-state index contributed by atoms with van der Waals surface area (Å²) in [6.07, 6.45) is 25.9. The largest absolute Gasteiger partial charge is 0.481 e. The van der Waals surface area contributed by atoms with Gasteiger partial charge in [-0.25, -0.2) is 29.3 Å². The van der Waals surface area contributed by atoms with Crippen LogP contribution >= 0.6 is 23.2 Å². The number of imidazole rings is 4. The summed E-state index contributed by atoms with van der Waals surface area (Å²) in [5.41, 5.74) is 16.9. The number of hydrogen-bond donors (Lipinski definition) is 2. The number of carbonyl (C=O) groups is 4. The van der Waals surface area contributed by atoms with Crippen molar-refractivity contribution in [2.75, 3.05) is 0 Å². The van der Waals surface area contributed by atoms with E-state index in [1.54, 1.807) is 46.5 Å². The number of pyridine rings is 4. The van der Waals surface area contributed by atoms with Crippen LogP contribution in [0.1, 0.15) is 129 Å². The van der Waals surface area contributed by atoms with Crippen LogP contribution in [0.15, 0.2) is 98.6 Å². The lowest BCUT2D eigenvalue weighted by molar-refractivity contribution is -0.137. The van der Waals surface area contributed by atoms with E-state index in [0.717, 1.165) is 69.1 Å². The van der Waals surface area contributed by atoms with E-state index in [0.29, 0.717) is 72.0 Å². The second kappa shape index (κ2) is 20.4. The Hall–Kier alpha value is -8.10. The lowest BCUT2D eigenvalue weighted by atomic mass is 10.1. The molecule has 0 saturated heterocycles. The quantitative estimate of drug-likeness (QED) is 0.0709. The number of aryl methyl sites for hydroxylation is 4. The van der Waals surface area contributed by atoms with Gasteiger partial charge >= 0.3 is 5.97 Å². The second-order valence-electron chi connectivity index (χ2n) is 19.0. The van der Waals surface area contributed by atoms with Crippen molar-refractivity contribution in [2.45, 2.75) is 102 Å². The molecule has 10 aromatic rings. The molecule has 2 fully saturated rings. The van der Waals surface area contributed by atoms with Gasteiger partial charge in [-0.1, -0.05) is 45.8 Å². The Morgan fingerprint density at radius 1 is 0.581 bits per heavy atom. The van der Waals surface area contributed by atoms with E-state index < -0.39 is 5.97 Å². The number of carboxylic acid groups (broad SMARTS) is 1. The molecular weight excluding hydrogens is 986 g/mol. The van der Waals surface area contributed by atoms with E-state index in [-0.39, 0.29) is 43.2 Å². The van der Waals surface area contributed by atoms with E-state index in [1.165, 1.54) is 24.0 Å². The van der Waals surface area contributed by atoms with Gasteiger partial charge in [0.2, 0.25) is 5.91 Å². The Kier molecular flexibility index (Phi) is 13.3. The zero-order valence-electron chi connectivity index (χ0n) is 40.0. The molecular formula is C52H49Cl2N15O5. The molecule has 2 aliphatic rings. The van der Waals surface area contributed by atoms with Crippen molar-refractivity contribution in [1.29, 1.82) is 0 Å². The van der Waals surface area contributed by atoms with E-state index in [4.69, 9.17) is 44.0 Å². The van der Waals surface area contributed by atoms with E-state index in [2.05, 4.69) is 55.1 Å². The Balaban J connectivity index is 0.000000159. The van der Waals surface area contributed by atoms with Gasteiger partial charge in [0.1, 0.15) is 22.7 Å². The van der Waals surface area contributed by atoms with Crippen molar-refractivity contribution >= 4 is 69.0 Å². The maximum Gasteiger partial charge on any atom is 0.303 e. The number of carbonyl (C=O) groups excluding carboxylic acids is 3. The lowest BCUT2D eigenvalue weighted by Crippen LogP contribution is -2.11. The van der Waals surface area contributed by atoms with Gasteiger partial charge in [0.15, 0.2) is 11.6 Å². The summed E-state index contributed by atoms with van der Waals surface area (Å²) >= 11 is 12.2. The number of ketones is 2. The number of Topliss-reactive ketones (excluding diaryl/α,β-unsaturated/α-hetero) is 2. The third kappa shape index (κ3) is 11.0. The molecule has 0 unspecified atom stereocenters. The number of fused-ring (bicyclic) bond motifs is 4. The molecule has 2 aliphatic carbocycles. The molecule has 20 nitrogen and oxygen atoms in total. The number of rotatable bonds is 20. The van der Waals surface area contributed by atoms with Crippen LogP contribution in [0.2, 0.25) is 10.0 Å². The number of amides is 1. The Morgan fingerprint density at radius 3 is 1.47 bits per heavy atom. The highest BCUT2D eigenvalue weighted by atomic mass is 35.5. The minimum atomic E-state index is -0.827. The zero-order chi connectivity index (χ0) is 51.0. The molecule has 10 aromatic heterocycles. The number of primary amides is 1. The SMILES string of the molecule is NC(=O)CCc1cc(C2CC2)cn2cc(Cn3cc(C(=O)CCc4ncn5ccc(Cl)cc45)nn3)nc12.O=C(O)CCc1cc(C2CC2)cn2cc(Cn3cc(C(=O)CCc4ncn5ccc(Cl)cc45)nn3)nc12. The van der Waals surface area contributed by atoms with Crippen molar-refractivity contribution in [3.05, 3.63) is 165 Å². The van der Waals surface area contributed by atoms with Gasteiger partial charge in [-0.05, 0) is 110 Å². The fraction of sp³-hybridized carbons (Fsp3) is 0.308. The molecule has 376 valence electrons. The summed E-state index contributed by atoms with van der Waals surface area (Å²) in [5, 5.41) is 26.8. The van der Waals surface area contributed by atoms with Crippen molar-refractivity contribution < 1.29 is 24.3 Å². The van der Waals surface area contributed by atoms with Crippen LogP contribution in [0.3, 0.4) is 0 Å². The highest BCUT2D eigenvalue weighted by Crippen LogP contribution is 2.41. The Labute approximate surface area is 431 Å². The first-order valence-electron chi connectivity index (χ1n) is 24.5. The third-order valence-electron chi connectivity index (χ3n) is 13.4. The average Bonchev–Trinajstić information content (AvgIpc) is 3.99. The van der Waals surface area contributed by atoms with Gasteiger partial charge in [0, 0.05) is 72.9 Å². The van der Waals surface area contributed by atoms with Gasteiger partial charge in [0.25, 0.3) is 0 Å². The highest BCUT2D eigenvalue weighted by molar-refractivity contribution is 6.31. The number of nitrogens with two attached hydrogens (primary N) is 1. The van der Waals surface area contributed by atoms with Crippen LogP contribution < -0.4 is 5.73 Å². The summed E-state index contributed by atoms with van der Waals surface area (Å²) in [4.78, 5) is 66.4. The van der Waals surface area contributed by atoms with E-state index >= 15 is 0 Å². The molecule has 74 heavy (non-hydrogen) atoms. The summed E-state index contributed by atoms with van der Waals surface area (Å²) < 4.78 is 11.0. The second-order valence-corrected chi connectivity index (χ2v) is 19.9. The van der Waals surface area contributed by atoms with Gasteiger partial charge in [0.05, 0.1) is 71.9 Å². The van der Waals surface area contributed by atoms with Crippen LogP contribution in [0.4, 0.5) is 0 Å². The maximum absolute atomic E-state index is 12.8. The van der Waals surface area contributed by atoms with Crippen LogP contribution in [0.5, 0.6) is 0 Å². The standard InChI is InChI=1S/C26H25ClN8O2.C26H24ClN7O3/c27-19-7-8-33-15-29-21(23(33)10-19)4-5-24(36)22-14-35(32-31-22)13-20-12-34-11-18(16-1-2-16)9-17(26(34)30-20)3-6-25(28)37;27-19-7-8-32-15-28-21(23(32)10-19)4-5-24(35)22-14-34(31-30-22)13-20-12-33-11-18(16-1-2-16)9-17(26(33)29-20)3-6-25(36)37/h7-12,14-16H,1-6,13H2,(H2,28,37);7-12,14-16H,1-6,13H2,(H,36,37). The monoisotopic (exact) mass is 1030 g/mol. The number of carboxylic acids is 1. The molecule has 0 bridgehead atoms. The summed E-state index contributed by atoms with van der Waals surface area (Å²) in [5.74, 6) is -0.261. The van der Waals surface area contributed by atoms with Crippen molar-refractivity contribution in [2.24, 2.45) is 5.73 Å². The normalized spacial score (nSPS) is 13.5. The van der Waals surface area contributed by atoms with E-state index in [1.807, 2.05) is 54.5 Å². The molecule has 1 amide bonds. The molecule has 12 rings (SSSR count). The molecule has 3 N–H and O–H groups in total. The first-order chi connectivity index (χ1) is 35.8. The fourth-order valence-corrected chi connectivity index (χ4v) is 9.58. The number of aromatic nitrogens is 14. The highest BCUT2D eigenvalue weighted by Gasteiger charge is 2.27. The van der Waals surface area contributed by atoms with E-state index in [9.17, 15) is 19.2 Å². The topological polar surface area (TPSA) is 245 Å². The first kappa shape index (κ1) is 48.2. The third-order valence-corrected chi connectivity index (χ3v) is 13.8. The van der Waals surface area contributed by atoms with Crippen LogP contribution in [0, 0.1) is 0 Å². The van der Waals surface area contributed by atoms with Gasteiger partial charge in [-0.2, -0.15) is 0 Å². The number of halogens is 2. The number of nitrogens with zero attached hydrogens (tertiary/aromatic N) is 14.